The summed E-state index contributed by atoms with van der Waals surface area (Å²) in [6, 6.07) is 25.2. The quantitative estimate of drug-likeness (QED) is 0.202. The van der Waals surface area contributed by atoms with Crippen LogP contribution in [0.15, 0.2) is 84.9 Å². The number of hydrogen-bond donors (Lipinski definition) is 2. The number of carbonyl (C=O) groups is 4. The van der Waals surface area contributed by atoms with Crippen molar-refractivity contribution in [2.75, 3.05) is 14.1 Å². The first kappa shape index (κ1) is 27.3. The van der Waals surface area contributed by atoms with Crippen LogP contribution in [0.4, 0.5) is 22.7 Å². The minimum Gasteiger partial charge on any atom is -0.426 e. The van der Waals surface area contributed by atoms with Crippen molar-refractivity contribution in [3.63, 3.8) is 0 Å². The van der Waals surface area contributed by atoms with Gasteiger partial charge < -0.3 is 9.47 Å². The van der Waals surface area contributed by atoms with Gasteiger partial charge in [0.25, 0.3) is 0 Å². The highest BCUT2D eigenvalue weighted by molar-refractivity contribution is 6.16. The SMILES string of the molecule is C[NH+]1c2ccccc2C(=O)c2cc(OC(=O)CCCCC(=O)Oc3ccc4c(c3)C(=O)c3ccccc3[NH+]4C)ccc21. The van der Waals surface area contributed by atoms with Crippen LogP contribution in [0.1, 0.15) is 57.5 Å². The van der Waals surface area contributed by atoms with Crippen LogP contribution in [0.3, 0.4) is 0 Å². The first-order valence-corrected chi connectivity index (χ1v) is 14.0. The molecule has 6 rings (SSSR count). The monoisotopic (exact) mass is 562 g/mol. The van der Waals surface area contributed by atoms with Crippen LogP contribution in [0.2, 0.25) is 0 Å². The maximum atomic E-state index is 13.0. The zero-order valence-electron chi connectivity index (χ0n) is 23.4. The highest BCUT2D eigenvalue weighted by Crippen LogP contribution is 2.31. The van der Waals surface area contributed by atoms with E-state index in [9.17, 15) is 19.2 Å². The Bertz CT molecular complexity index is 1630. The second kappa shape index (κ2) is 11.2. The molecule has 0 aromatic heterocycles. The summed E-state index contributed by atoms with van der Waals surface area (Å²) in [5, 5.41) is 0. The Morgan fingerprint density at radius 1 is 0.548 bits per heavy atom. The number of hydrogen-bond acceptors (Lipinski definition) is 6. The van der Waals surface area contributed by atoms with Crippen LogP contribution in [0.5, 0.6) is 11.5 Å². The molecule has 2 N–H and O–H groups in total. The molecule has 8 nitrogen and oxygen atoms in total. The number of ketones is 2. The summed E-state index contributed by atoms with van der Waals surface area (Å²) in [4.78, 5) is 53.0. The molecule has 0 saturated carbocycles. The van der Waals surface area contributed by atoms with Gasteiger partial charge in [0.15, 0.2) is 0 Å². The van der Waals surface area contributed by atoms with Gasteiger partial charge in [0.2, 0.25) is 11.6 Å². The molecule has 210 valence electrons. The number of rotatable bonds is 7. The van der Waals surface area contributed by atoms with Gasteiger partial charge >= 0.3 is 11.9 Å². The fraction of sp³-hybridized carbons (Fsp3) is 0.176. The van der Waals surface area contributed by atoms with E-state index in [0.29, 0.717) is 46.6 Å². The van der Waals surface area contributed by atoms with E-state index in [0.717, 1.165) is 32.5 Å². The molecule has 2 atom stereocenters. The van der Waals surface area contributed by atoms with Crippen molar-refractivity contribution in [1.29, 1.82) is 0 Å². The number of quaternary nitrogens is 2. The van der Waals surface area contributed by atoms with E-state index < -0.39 is 11.9 Å². The number of carbonyl (C=O) groups excluding carboxylic acids is 4. The van der Waals surface area contributed by atoms with Crippen molar-refractivity contribution < 1.29 is 38.5 Å². The summed E-state index contributed by atoms with van der Waals surface area (Å²) in [7, 11) is 3.95. The van der Waals surface area contributed by atoms with Gasteiger partial charge in [0.05, 0.1) is 36.3 Å². The van der Waals surface area contributed by atoms with E-state index in [1.807, 2.05) is 62.6 Å². The molecule has 2 aliphatic heterocycles. The van der Waals surface area contributed by atoms with Gasteiger partial charge in [-0.2, -0.15) is 0 Å². The smallest absolute Gasteiger partial charge is 0.311 e. The number of nitrogens with one attached hydrogen (secondary N) is 2. The van der Waals surface area contributed by atoms with Crippen molar-refractivity contribution in [2.45, 2.75) is 25.7 Å². The van der Waals surface area contributed by atoms with Gasteiger partial charge in [0.1, 0.15) is 34.2 Å². The molecule has 4 aromatic rings. The molecule has 0 spiro atoms. The number of esters is 2. The number of ether oxygens (including phenoxy) is 2. The van der Waals surface area contributed by atoms with Gasteiger partial charge in [0, 0.05) is 37.1 Å². The average Bonchev–Trinajstić information content (AvgIpc) is 3.01. The Labute approximate surface area is 243 Å². The highest BCUT2D eigenvalue weighted by atomic mass is 16.5. The molecule has 2 aliphatic rings. The molecule has 0 amide bonds. The van der Waals surface area contributed by atoms with Crippen LogP contribution in [-0.4, -0.2) is 37.6 Å². The number of benzene rings is 4. The van der Waals surface area contributed by atoms with Crippen LogP contribution < -0.4 is 19.3 Å². The highest BCUT2D eigenvalue weighted by Gasteiger charge is 2.33. The van der Waals surface area contributed by atoms with E-state index in [2.05, 4.69) is 0 Å². The molecule has 2 unspecified atom stereocenters. The van der Waals surface area contributed by atoms with Gasteiger partial charge in [-0.1, -0.05) is 24.3 Å². The first-order chi connectivity index (χ1) is 20.3. The maximum absolute atomic E-state index is 13.0. The lowest BCUT2D eigenvalue weighted by molar-refractivity contribution is -0.736. The lowest BCUT2D eigenvalue weighted by Gasteiger charge is -2.23. The van der Waals surface area contributed by atoms with Gasteiger partial charge in [-0.15, -0.1) is 0 Å². The van der Waals surface area contributed by atoms with Crippen molar-refractivity contribution in [3.05, 3.63) is 107 Å². The largest absolute Gasteiger partial charge is 0.426 e. The van der Waals surface area contributed by atoms with Crippen LogP contribution in [0, 0.1) is 0 Å². The normalized spacial score (nSPS) is 16.5. The third-order valence-electron chi connectivity index (χ3n) is 7.91. The summed E-state index contributed by atoms with van der Waals surface area (Å²) in [6.07, 6.45) is 1.11. The van der Waals surface area contributed by atoms with Crippen molar-refractivity contribution in [3.8, 4) is 11.5 Å². The lowest BCUT2D eigenvalue weighted by atomic mass is 9.94. The Balaban J connectivity index is 1.00. The summed E-state index contributed by atoms with van der Waals surface area (Å²) in [5.74, 6) is -0.431. The molecule has 8 heteroatoms. The lowest BCUT2D eigenvalue weighted by Crippen LogP contribution is -2.99. The first-order valence-electron chi connectivity index (χ1n) is 14.0. The molecule has 2 heterocycles. The summed E-state index contributed by atoms with van der Waals surface area (Å²) >= 11 is 0. The van der Waals surface area contributed by atoms with Crippen molar-refractivity contribution in [2.24, 2.45) is 0 Å². The van der Waals surface area contributed by atoms with E-state index in [4.69, 9.17) is 9.47 Å². The standard InChI is InChI=1S/C34H28N2O6/c1-35-27-11-5-3-9-23(27)33(39)25-19-21(15-17-29(25)35)41-31(37)13-7-8-14-32(38)42-22-16-18-30-26(20-22)34(40)24-10-4-6-12-28(24)36(30)2/h3-6,9-12,15-20H,7-8,13-14H2,1-2H3/p+2. The molecule has 0 aliphatic carbocycles. The minimum absolute atomic E-state index is 0.0935. The number of fused-ring (bicyclic) bond motifs is 4. The summed E-state index contributed by atoms with van der Waals surface area (Å²) in [6.45, 7) is 0. The van der Waals surface area contributed by atoms with E-state index >= 15 is 0 Å². The van der Waals surface area contributed by atoms with Crippen LogP contribution >= 0.6 is 0 Å². The van der Waals surface area contributed by atoms with Crippen molar-refractivity contribution >= 4 is 46.3 Å². The van der Waals surface area contributed by atoms with Crippen molar-refractivity contribution in [1.82, 2.24) is 0 Å². The van der Waals surface area contributed by atoms with E-state index in [1.54, 1.807) is 36.4 Å². The van der Waals surface area contributed by atoms with Gasteiger partial charge in [-0.25, -0.2) is 0 Å². The topological polar surface area (TPSA) is 95.6 Å². The van der Waals surface area contributed by atoms with Gasteiger partial charge in [-0.05, 0) is 49.2 Å². The van der Waals surface area contributed by atoms with Gasteiger partial charge in [-0.3, -0.25) is 29.0 Å². The molecule has 0 radical (unpaired) electrons. The second-order valence-corrected chi connectivity index (χ2v) is 10.6. The predicted molar refractivity (Wildman–Crippen MR) is 155 cm³/mol. The molecule has 4 aromatic carbocycles. The fourth-order valence-electron chi connectivity index (χ4n) is 5.70. The molecule has 0 fully saturated rings. The predicted octanol–water partition coefficient (Wildman–Crippen LogP) is 3.80. The Morgan fingerprint density at radius 3 is 1.36 bits per heavy atom. The maximum Gasteiger partial charge on any atom is 0.311 e. The third-order valence-corrected chi connectivity index (χ3v) is 7.91. The molecular weight excluding hydrogens is 532 g/mol. The third kappa shape index (κ3) is 5.02. The molecular formula is C34H30N2O6+2. The summed E-state index contributed by atoms with van der Waals surface area (Å²) in [5.41, 5.74) is 5.80. The van der Waals surface area contributed by atoms with Crippen LogP contribution in [0.25, 0.3) is 0 Å². The Kier molecular flexibility index (Phi) is 7.24. The number of unbranched alkanes of at least 4 members (excludes halogenated alkanes) is 1. The Morgan fingerprint density at radius 2 is 0.929 bits per heavy atom. The molecule has 0 bridgehead atoms. The van der Waals surface area contributed by atoms with E-state index in [-0.39, 0.29) is 24.4 Å². The fourth-order valence-corrected chi connectivity index (χ4v) is 5.70. The summed E-state index contributed by atoms with van der Waals surface area (Å²) < 4.78 is 11.0. The zero-order chi connectivity index (χ0) is 29.4. The van der Waals surface area contributed by atoms with E-state index in [1.165, 1.54) is 0 Å². The molecule has 0 saturated heterocycles. The van der Waals surface area contributed by atoms with Crippen LogP contribution in [-0.2, 0) is 9.59 Å². The minimum atomic E-state index is -0.437. The molecule has 42 heavy (non-hydrogen) atoms. The second-order valence-electron chi connectivity index (χ2n) is 10.6. The average molecular weight is 563 g/mol. The zero-order valence-corrected chi connectivity index (χ0v) is 23.4. The Hall–Kier alpha value is -4.92. The number of para-hydroxylation sites is 2.